The van der Waals surface area contributed by atoms with Crippen LogP contribution in [0.5, 0.6) is 0 Å². The molecular formula is C15H19N5O. The predicted octanol–water partition coefficient (Wildman–Crippen LogP) is 1.81. The molecule has 0 amide bonds. The molecule has 3 aromatic rings. The standard InChI is InChI=1S/C15H19N5O/c1-11(2)20-15(16-9-18-20)7-12(21)8-19-10-17-13-5-3-4-6-14(13)19/h3-6,9-12,21H,7-8H2,1-2H3. The Morgan fingerprint density at radius 2 is 2.00 bits per heavy atom. The molecule has 3 rings (SSSR count). The van der Waals surface area contributed by atoms with Crippen LogP contribution in [0.4, 0.5) is 0 Å². The molecule has 6 heteroatoms. The summed E-state index contributed by atoms with van der Waals surface area (Å²) in [5.74, 6) is 0.807. The monoisotopic (exact) mass is 285 g/mol. The Balaban J connectivity index is 1.74. The Hall–Kier alpha value is -2.21. The number of imidazole rings is 1. The molecule has 1 aromatic carbocycles. The van der Waals surface area contributed by atoms with Crippen LogP contribution in [-0.2, 0) is 13.0 Å². The summed E-state index contributed by atoms with van der Waals surface area (Å²) in [5.41, 5.74) is 1.97. The fourth-order valence-corrected chi connectivity index (χ4v) is 2.51. The van der Waals surface area contributed by atoms with Crippen molar-refractivity contribution >= 4 is 11.0 Å². The van der Waals surface area contributed by atoms with Gasteiger partial charge in [-0.25, -0.2) is 14.6 Å². The van der Waals surface area contributed by atoms with Gasteiger partial charge in [0.1, 0.15) is 12.2 Å². The first kappa shape index (κ1) is 13.8. The van der Waals surface area contributed by atoms with Crippen LogP contribution in [0.25, 0.3) is 11.0 Å². The van der Waals surface area contributed by atoms with Crippen LogP contribution in [0.1, 0.15) is 25.7 Å². The normalized spacial score (nSPS) is 13.1. The first-order chi connectivity index (χ1) is 10.1. The Morgan fingerprint density at radius 3 is 2.81 bits per heavy atom. The maximum atomic E-state index is 10.3. The number of aromatic nitrogens is 5. The number of nitrogens with zero attached hydrogens (tertiary/aromatic N) is 5. The van der Waals surface area contributed by atoms with Crippen LogP contribution in [0.3, 0.4) is 0 Å². The van der Waals surface area contributed by atoms with Gasteiger partial charge < -0.3 is 9.67 Å². The minimum absolute atomic E-state index is 0.240. The van der Waals surface area contributed by atoms with Gasteiger partial charge in [0.25, 0.3) is 0 Å². The third-order valence-electron chi connectivity index (χ3n) is 3.49. The first-order valence-electron chi connectivity index (χ1n) is 7.11. The first-order valence-corrected chi connectivity index (χ1v) is 7.11. The number of rotatable bonds is 5. The molecule has 1 atom stereocenters. The summed E-state index contributed by atoms with van der Waals surface area (Å²) in [7, 11) is 0. The van der Waals surface area contributed by atoms with Gasteiger partial charge in [0.05, 0.1) is 30.0 Å². The van der Waals surface area contributed by atoms with Crippen molar-refractivity contribution in [1.82, 2.24) is 24.3 Å². The highest BCUT2D eigenvalue weighted by Crippen LogP contribution is 2.14. The molecule has 1 unspecified atom stereocenters. The van der Waals surface area contributed by atoms with E-state index in [4.69, 9.17) is 0 Å². The minimum Gasteiger partial charge on any atom is -0.391 e. The van der Waals surface area contributed by atoms with E-state index in [0.29, 0.717) is 13.0 Å². The molecule has 6 nitrogen and oxygen atoms in total. The maximum absolute atomic E-state index is 10.3. The second-order valence-corrected chi connectivity index (χ2v) is 5.46. The summed E-state index contributed by atoms with van der Waals surface area (Å²) in [6.45, 7) is 4.59. The number of benzene rings is 1. The fraction of sp³-hybridized carbons (Fsp3) is 0.400. The molecule has 21 heavy (non-hydrogen) atoms. The van der Waals surface area contributed by atoms with Crippen LogP contribution < -0.4 is 0 Å². The van der Waals surface area contributed by atoms with E-state index in [-0.39, 0.29) is 6.04 Å². The molecule has 110 valence electrons. The van der Waals surface area contributed by atoms with Crippen molar-refractivity contribution in [3.05, 3.63) is 42.7 Å². The Morgan fingerprint density at radius 1 is 1.19 bits per heavy atom. The molecule has 0 bridgehead atoms. The Bertz CT molecular complexity index is 730. The summed E-state index contributed by atoms with van der Waals surface area (Å²) in [4.78, 5) is 8.57. The lowest BCUT2D eigenvalue weighted by atomic mass is 10.2. The number of para-hydroxylation sites is 2. The van der Waals surface area contributed by atoms with Crippen molar-refractivity contribution in [2.75, 3.05) is 0 Å². The van der Waals surface area contributed by atoms with Gasteiger partial charge in [-0.15, -0.1) is 0 Å². The summed E-state index contributed by atoms with van der Waals surface area (Å²) in [5, 5.41) is 14.5. The number of hydrogen-bond acceptors (Lipinski definition) is 4. The number of aliphatic hydroxyl groups excluding tert-OH is 1. The van der Waals surface area contributed by atoms with Crippen LogP contribution in [0.2, 0.25) is 0 Å². The topological polar surface area (TPSA) is 68.8 Å². The third kappa shape index (κ3) is 2.80. The van der Waals surface area contributed by atoms with E-state index in [1.807, 2.05) is 47.4 Å². The molecule has 1 N–H and O–H groups in total. The molecule has 0 saturated carbocycles. The van der Waals surface area contributed by atoms with E-state index in [0.717, 1.165) is 16.9 Å². The molecule has 0 fully saturated rings. The molecule has 2 heterocycles. The summed E-state index contributed by atoms with van der Waals surface area (Å²) < 4.78 is 3.81. The summed E-state index contributed by atoms with van der Waals surface area (Å²) in [6, 6.07) is 8.15. The largest absolute Gasteiger partial charge is 0.391 e. The van der Waals surface area contributed by atoms with E-state index < -0.39 is 6.10 Å². The molecule has 0 aliphatic carbocycles. The van der Waals surface area contributed by atoms with Gasteiger partial charge in [-0.1, -0.05) is 12.1 Å². The van der Waals surface area contributed by atoms with Crippen molar-refractivity contribution in [3.8, 4) is 0 Å². The van der Waals surface area contributed by atoms with Gasteiger partial charge >= 0.3 is 0 Å². The van der Waals surface area contributed by atoms with Crippen molar-refractivity contribution in [2.45, 2.75) is 39.0 Å². The van der Waals surface area contributed by atoms with Crippen LogP contribution in [0, 0.1) is 0 Å². The summed E-state index contributed by atoms with van der Waals surface area (Å²) >= 11 is 0. The molecule has 0 aliphatic heterocycles. The molecule has 0 radical (unpaired) electrons. The van der Waals surface area contributed by atoms with Crippen LogP contribution in [-0.4, -0.2) is 35.5 Å². The maximum Gasteiger partial charge on any atom is 0.138 e. The van der Waals surface area contributed by atoms with Gasteiger partial charge in [0, 0.05) is 12.5 Å². The van der Waals surface area contributed by atoms with Crippen molar-refractivity contribution in [3.63, 3.8) is 0 Å². The van der Waals surface area contributed by atoms with E-state index in [2.05, 4.69) is 15.1 Å². The summed E-state index contributed by atoms with van der Waals surface area (Å²) in [6.07, 6.45) is 3.25. The van der Waals surface area contributed by atoms with E-state index in [9.17, 15) is 5.11 Å². The van der Waals surface area contributed by atoms with Crippen molar-refractivity contribution in [1.29, 1.82) is 0 Å². The Labute approximate surface area is 123 Å². The van der Waals surface area contributed by atoms with Gasteiger partial charge in [0.2, 0.25) is 0 Å². The second-order valence-electron chi connectivity index (χ2n) is 5.46. The van der Waals surface area contributed by atoms with Crippen LogP contribution in [0.15, 0.2) is 36.9 Å². The average Bonchev–Trinajstić information content (AvgIpc) is 3.06. The highest BCUT2D eigenvalue weighted by atomic mass is 16.3. The van der Waals surface area contributed by atoms with Gasteiger partial charge in [-0.2, -0.15) is 5.10 Å². The molecule has 0 spiro atoms. The van der Waals surface area contributed by atoms with E-state index in [1.165, 1.54) is 6.33 Å². The average molecular weight is 285 g/mol. The molecule has 0 saturated heterocycles. The van der Waals surface area contributed by atoms with E-state index in [1.54, 1.807) is 6.33 Å². The second kappa shape index (κ2) is 5.65. The smallest absolute Gasteiger partial charge is 0.138 e. The highest BCUT2D eigenvalue weighted by Gasteiger charge is 2.14. The minimum atomic E-state index is -0.524. The molecular weight excluding hydrogens is 266 g/mol. The highest BCUT2D eigenvalue weighted by molar-refractivity contribution is 5.74. The lowest BCUT2D eigenvalue weighted by molar-refractivity contribution is 0.151. The molecule has 0 aliphatic rings. The number of fused-ring (bicyclic) bond motifs is 1. The lowest BCUT2D eigenvalue weighted by Gasteiger charge is -2.14. The zero-order valence-electron chi connectivity index (χ0n) is 12.2. The third-order valence-corrected chi connectivity index (χ3v) is 3.49. The quantitative estimate of drug-likeness (QED) is 0.776. The van der Waals surface area contributed by atoms with Gasteiger partial charge in [-0.3, -0.25) is 0 Å². The SMILES string of the molecule is CC(C)n1ncnc1CC(O)Cn1cnc2ccccc21. The van der Waals surface area contributed by atoms with Crippen molar-refractivity contribution < 1.29 is 5.11 Å². The Kier molecular flexibility index (Phi) is 3.70. The predicted molar refractivity (Wildman–Crippen MR) is 79.9 cm³/mol. The zero-order valence-corrected chi connectivity index (χ0v) is 12.2. The molecule has 2 aromatic heterocycles. The van der Waals surface area contributed by atoms with Crippen molar-refractivity contribution in [2.24, 2.45) is 0 Å². The van der Waals surface area contributed by atoms with E-state index >= 15 is 0 Å². The van der Waals surface area contributed by atoms with Crippen LogP contribution >= 0.6 is 0 Å². The zero-order chi connectivity index (χ0) is 14.8. The lowest BCUT2D eigenvalue weighted by Crippen LogP contribution is -2.21. The fourth-order valence-electron chi connectivity index (χ4n) is 2.51. The van der Waals surface area contributed by atoms with Gasteiger partial charge in [0.15, 0.2) is 0 Å². The number of hydrogen-bond donors (Lipinski definition) is 1. The van der Waals surface area contributed by atoms with Gasteiger partial charge in [-0.05, 0) is 26.0 Å². The number of aliphatic hydroxyl groups is 1.